The molecule has 0 spiro atoms. The number of anilines is 1. The standard InChI is InChI=1S/C19H19ClN2O3/c20-15-4-2-6-17(10-15)25-12-18(23)21-11-13-3-1-5-16(9-13)22-19(24)14-7-8-14/h1-6,9-10,14H,7-8,11-12H2,(H,21,23)(H,22,24). The number of carbonyl (C=O) groups is 2. The van der Waals surface area contributed by atoms with Crippen LogP contribution in [0.25, 0.3) is 0 Å². The first-order valence-corrected chi connectivity index (χ1v) is 8.53. The predicted molar refractivity (Wildman–Crippen MR) is 96.6 cm³/mol. The van der Waals surface area contributed by atoms with Crippen LogP contribution >= 0.6 is 11.6 Å². The van der Waals surface area contributed by atoms with E-state index in [0.717, 1.165) is 24.1 Å². The molecule has 0 aromatic heterocycles. The Hall–Kier alpha value is -2.53. The first-order chi connectivity index (χ1) is 12.1. The molecule has 0 heterocycles. The lowest BCUT2D eigenvalue weighted by Gasteiger charge is -2.09. The van der Waals surface area contributed by atoms with Crippen LogP contribution in [-0.4, -0.2) is 18.4 Å². The van der Waals surface area contributed by atoms with E-state index in [2.05, 4.69) is 10.6 Å². The van der Waals surface area contributed by atoms with E-state index in [-0.39, 0.29) is 24.3 Å². The fraction of sp³-hybridized carbons (Fsp3) is 0.263. The average molecular weight is 359 g/mol. The lowest BCUT2D eigenvalue weighted by Crippen LogP contribution is -2.28. The van der Waals surface area contributed by atoms with Crippen molar-refractivity contribution < 1.29 is 14.3 Å². The first kappa shape index (κ1) is 17.3. The SMILES string of the molecule is O=C(COc1cccc(Cl)c1)NCc1cccc(NC(=O)C2CC2)c1. The van der Waals surface area contributed by atoms with Gasteiger partial charge in [-0.25, -0.2) is 0 Å². The van der Waals surface area contributed by atoms with Gasteiger partial charge in [-0.15, -0.1) is 0 Å². The molecule has 1 aliphatic carbocycles. The molecule has 5 nitrogen and oxygen atoms in total. The summed E-state index contributed by atoms with van der Waals surface area (Å²) in [6.07, 6.45) is 1.93. The molecule has 0 bridgehead atoms. The highest BCUT2D eigenvalue weighted by atomic mass is 35.5. The number of carbonyl (C=O) groups excluding carboxylic acids is 2. The smallest absolute Gasteiger partial charge is 0.258 e. The van der Waals surface area contributed by atoms with Gasteiger partial charge in [0.15, 0.2) is 6.61 Å². The summed E-state index contributed by atoms with van der Waals surface area (Å²) in [5, 5.41) is 6.24. The van der Waals surface area contributed by atoms with Crippen molar-refractivity contribution in [3.63, 3.8) is 0 Å². The van der Waals surface area contributed by atoms with Crippen LogP contribution in [0.2, 0.25) is 5.02 Å². The van der Waals surface area contributed by atoms with Gasteiger partial charge in [0.25, 0.3) is 5.91 Å². The summed E-state index contributed by atoms with van der Waals surface area (Å²) in [5.41, 5.74) is 1.66. The zero-order valence-corrected chi connectivity index (χ0v) is 14.4. The van der Waals surface area contributed by atoms with Gasteiger partial charge >= 0.3 is 0 Å². The molecule has 2 aromatic carbocycles. The molecule has 1 saturated carbocycles. The van der Waals surface area contributed by atoms with E-state index < -0.39 is 0 Å². The van der Waals surface area contributed by atoms with Crippen molar-refractivity contribution in [2.24, 2.45) is 5.92 Å². The van der Waals surface area contributed by atoms with Crippen molar-refractivity contribution in [3.05, 3.63) is 59.1 Å². The number of halogens is 1. The van der Waals surface area contributed by atoms with E-state index >= 15 is 0 Å². The van der Waals surface area contributed by atoms with Crippen LogP contribution < -0.4 is 15.4 Å². The quantitative estimate of drug-likeness (QED) is 0.797. The summed E-state index contributed by atoms with van der Waals surface area (Å²) < 4.78 is 5.39. The second-order valence-corrected chi connectivity index (χ2v) is 6.42. The maximum atomic E-state index is 11.9. The van der Waals surface area contributed by atoms with E-state index in [0.29, 0.717) is 17.3 Å². The van der Waals surface area contributed by atoms with Crippen molar-refractivity contribution in [2.45, 2.75) is 19.4 Å². The number of benzene rings is 2. The Bertz CT molecular complexity index is 775. The molecule has 2 aromatic rings. The minimum absolute atomic E-state index is 0.0658. The molecule has 130 valence electrons. The van der Waals surface area contributed by atoms with Crippen LogP contribution in [0.4, 0.5) is 5.69 Å². The van der Waals surface area contributed by atoms with Gasteiger partial charge in [0.1, 0.15) is 5.75 Å². The Morgan fingerprint density at radius 2 is 1.92 bits per heavy atom. The van der Waals surface area contributed by atoms with Crippen molar-refractivity contribution in [2.75, 3.05) is 11.9 Å². The van der Waals surface area contributed by atoms with Crippen molar-refractivity contribution >= 4 is 29.1 Å². The molecule has 6 heteroatoms. The molecular formula is C19H19ClN2O3. The van der Waals surface area contributed by atoms with Gasteiger partial charge in [-0.3, -0.25) is 9.59 Å². The third kappa shape index (κ3) is 5.50. The topological polar surface area (TPSA) is 67.4 Å². The van der Waals surface area contributed by atoms with E-state index in [4.69, 9.17) is 16.3 Å². The molecule has 2 amide bonds. The van der Waals surface area contributed by atoms with Gasteiger partial charge in [-0.2, -0.15) is 0 Å². The summed E-state index contributed by atoms with van der Waals surface area (Å²) in [7, 11) is 0. The Labute approximate surface area is 151 Å². The number of rotatable bonds is 7. The zero-order valence-electron chi connectivity index (χ0n) is 13.6. The largest absolute Gasteiger partial charge is 0.484 e. The molecule has 0 aliphatic heterocycles. The monoisotopic (exact) mass is 358 g/mol. The third-order valence-corrected chi connectivity index (χ3v) is 4.03. The summed E-state index contributed by atoms with van der Waals surface area (Å²) in [4.78, 5) is 23.7. The highest BCUT2D eigenvalue weighted by Crippen LogP contribution is 2.30. The van der Waals surface area contributed by atoms with Crippen LogP contribution in [0.15, 0.2) is 48.5 Å². The van der Waals surface area contributed by atoms with E-state index in [1.807, 2.05) is 24.3 Å². The fourth-order valence-corrected chi connectivity index (χ4v) is 2.49. The fourth-order valence-electron chi connectivity index (χ4n) is 2.31. The number of hydrogen-bond donors (Lipinski definition) is 2. The van der Waals surface area contributed by atoms with Gasteiger partial charge in [-0.05, 0) is 48.7 Å². The molecular weight excluding hydrogens is 340 g/mol. The van der Waals surface area contributed by atoms with Crippen LogP contribution in [0.5, 0.6) is 5.75 Å². The van der Waals surface area contributed by atoms with Gasteiger partial charge < -0.3 is 15.4 Å². The molecule has 1 fully saturated rings. The van der Waals surface area contributed by atoms with Gasteiger partial charge in [-0.1, -0.05) is 29.8 Å². The van der Waals surface area contributed by atoms with Crippen LogP contribution in [0.3, 0.4) is 0 Å². The predicted octanol–water partition coefficient (Wildman–Crippen LogP) is 3.38. The summed E-state index contributed by atoms with van der Waals surface area (Å²) >= 11 is 5.87. The lowest BCUT2D eigenvalue weighted by atomic mass is 10.2. The lowest BCUT2D eigenvalue weighted by molar-refractivity contribution is -0.123. The highest BCUT2D eigenvalue weighted by molar-refractivity contribution is 6.30. The molecule has 2 N–H and O–H groups in total. The maximum absolute atomic E-state index is 11.9. The van der Waals surface area contributed by atoms with Gasteiger partial charge in [0, 0.05) is 23.2 Å². The normalized spacial score (nSPS) is 13.2. The average Bonchev–Trinajstić information content (AvgIpc) is 3.44. The molecule has 0 unspecified atom stereocenters. The van der Waals surface area contributed by atoms with Gasteiger partial charge in [0.05, 0.1) is 0 Å². The third-order valence-electron chi connectivity index (χ3n) is 3.80. The molecule has 25 heavy (non-hydrogen) atoms. The van der Waals surface area contributed by atoms with Crippen molar-refractivity contribution in [3.8, 4) is 5.75 Å². The molecule has 1 aliphatic rings. The summed E-state index contributed by atoms with van der Waals surface area (Å²) in [6.45, 7) is 0.281. The van der Waals surface area contributed by atoms with E-state index in [9.17, 15) is 9.59 Å². The minimum Gasteiger partial charge on any atom is -0.484 e. The second kappa shape index (κ2) is 8.03. The molecule has 3 rings (SSSR count). The highest BCUT2D eigenvalue weighted by Gasteiger charge is 2.29. The number of nitrogens with one attached hydrogen (secondary N) is 2. The van der Waals surface area contributed by atoms with E-state index in [1.165, 1.54) is 0 Å². The van der Waals surface area contributed by atoms with Gasteiger partial charge in [0.2, 0.25) is 5.91 Å². The zero-order chi connectivity index (χ0) is 17.6. The maximum Gasteiger partial charge on any atom is 0.258 e. The Kier molecular flexibility index (Phi) is 5.56. The Morgan fingerprint density at radius 3 is 2.68 bits per heavy atom. The molecule has 0 radical (unpaired) electrons. The molecule has 0 atom stereocenters. The summed E-state index contributed by atoms with van der Waals surface area (Å²) in [5.74, 6) is 0.544. The first-order valence-electron chi connectivity index (χ1n) is 8.15. The number of amides is 2. The van der Waals surface area contributed by atoms with Crippen LogP contribution in [0.1, 0.15) is 18.4 Å². The second-order valence-electron chi connectivity index (χ2n) is 5.99. The minimum atomic E-state index is -0.229. The van der Waals surface area contributed by atoms with Crippen LogP contribution in [0, 0.1) is 5.92 Å². The van der Waals surface area contributed by atoms with Crippen molar-refractivity contribution in [1.82, 2.24) is 5.32 Å². The Morgan fingerprint density at radius 1 is 1.12 bits per heavy atom. The summed E-state index contributed by atoms with van der Waals surface area (Å²) in [6, 6.07) is 14.3. The van der Waals surface area contributed by atoms with Crippen LogP contribution in [-0.2, 0) is 16.1 Å². The number of hydrogen-bond acceptors (Lipinski definition) is 3. The number of ether oxygens (including phenoxy) is 1. The van der Waals surface area contributed by atoms with Crippen molar-refractivity contribution in [1.29, 1.82) is 0 Å². The molecule has 0 saturated heterocycles. The van der Waals surface area contributed by atoms with E-state index in [1.54, 1.807) is 24.3 Å². The Balaban J connectivity index is 1.45.